The maximum Gasteiger partial charge on any atom is 0.203 e. The molecular formula is C28H28ClN3O2S. The second kappa shape index (κ2) is 11.4. The molecule has 0 bridgehead atoms. The number of methoxy groups -OCH3 is 1. The lowest BCUT2D eigenvalue weighted by molar-refractivity contribution is 0.292. The zero-order chi connectivity index (χ0) is 24.8. The number of hydrogen-bond donors (Lipinski definition) is 1. The lowest BCUT2D eigenvalue weighted by atomic mass is 10.0. The number of thiazole rings is 1. The van der Waals surface area contributed by atoms with Gasteiger partial charge in [-0.3, -0.25) is 5.43 Å². The van der Waals surface area contributed by atoms with Gasteiger partial charge in [-0.15, -0.1) is 11.3 Å². The summed E-state index contributed by atoms with van der Waals surface area (Å²) in [7, 11) is 1.66. The number of aryl methyl sites for hydroxylation is 1. The number of nitrogens with one attached hydrogen (secondary N) is 1. The molecule has 1 aromatic heterocycles. The minimum Gasteiger partial charge on any atom is -0.496 e. The smallest absolute Gasteiger partial charge is 0.203 e. The Balaban J connectivity index is 1.46. The van der Waals surface area contributed by atoms with Crippen LogP contribution in [-0.2, 0) is 6.61 Å². The summed E-state index contributed by atoms with van der Waals surface area (Å²) in [6.07, 6.45) is 1.76. The van der Waals surface area contributed by atoms with Crippen LogP contribution in [0.15, 0.2) is 71.1 Å². The zero-order valence-electron chi connectivity index (χ0n) is 20.2. The highest BCUT2D eigenvalue weighted by Gasteiger charge is 2.13. The van der Waals surface area contributed by atoms with E-state index in [1.807, 2.05) is 73.0 Å². The topological polar surface area (TPSA) is 55.7 Å². The van der Waals surface area contributed by atoms with E-state index in [0.717, 1.165) is 55.2 Å². The number of hydrogen-bond acceptors (Lipinski definition) is 6. The van der Waals surface area contributed by atoms with E-state index < -0.39 is 0 Å². The van der Waals surface area contributed by atoms with Gasteiger partial charge in [-0.1, -0.05) is 55.8 Å². The second-order valence-electron chi connectivity index (χ2n) is 8.43. The van der Waals surface area contributed by atoms with Gasteiger partial charge >= 0.3 is 0 Å². The van der Waals surface area contributed by atoms with Crippen molar-refractivity contribution in [3.8, 4) is 22.8 Å². The highest BCUT2D eigenvalue weighted by Crippen LogP contribution is 2.33. The molecule has 0 amide bonds. The molecule has 0 aliphatic rings. The van der Waals surface area contributed by atoms with Crippen LogP contribution in [0.25, 0.3) is 11.3 Å². The Bertz CT molecular complexity index is 1320. The fraction of sp³-hybridized carbons (Fsp3) is 0.214. The number of ether oxygens (including phenoxy) is 2. The summed E-state index contributed by atoms with van der Waals surface area (Å²) >= 11 is 7.86. The lowest BCUT2D eigenvalue weighted by Crippen LogP contribution is -2.03. The first-order valence-electron chi connectivity index (χ1n) is 11.3. The van der Waals surface area contributed by atoms with Crippen LogP contribution in [0.4, 0.5) is 5.13 Å². The van der Waals surface area contributed by atoms with Gasteiger partial charge in [0.2, 0.25) is 5.13 Å². The van der Waals surface area contributed by atoms with Crippen molar-refractivity contribution >= 4 is 34.3 Å². The van der Waals surface area contributed by atoms with Crippen LogP contribution in [0, 0.1) is 6.92 Å². The molecule has 0 atom stereocenters. The van der Waals surface area contributed by atoms with Crippen LogP contribution in [0.2, 0.25) is 5.02 Å². The molecule has 5 nitrogen and oxygen atoms in total. The SMILES string of the molecule is COc1ccc(C=NNc2nc(-c3ccccc3)cs2)cc1COc1cc(C)c(Cl)cc1C(C)C. The fourth-order valence-corrected chi connectivity index (χ4v) is 4.46. The van der Waals surface area contributed by atoms with E-state index in [-0.39, 0.29) is 0 Å². The third-order valence-electron chi connectivity index (χ3n) is 5.55. The minimum atomic E-state index is 0.294. The van der Waals surface area contributed by atoms with E-state index in [1.54, 1.807) is 13.3 Å². The van der Waals surface area contributed by atoms with Crippen LogP contribution in [0.5, 0.6) is 11.5 Å². The average Bonchev–Trinajstić information content (AvgIpc) is 3.34. The quantitative estimate of drug-likeness (QED) is 0.185. The van der Waals surface area contributed by atoms with Crippen LogP contribution in [-0.4, -0.2) is 18.3 Å². The third-order valence-corrected chi connectivity index (χ3v) is 6.70. The number of halogens is 1. The molecule has 7 heteroatoms. The summed E-state index contributed by atoms with van der Waals surface area (Å²) in [6, 6.07) is 20.0. The van der Waals surface area contributed by atoms with Crippen molar-refractivity contribution in [1.82, 2.24) is 4.98 Å². The highest BCUT2D eigenvalue weighted by atomic mass is 35.5. The Morgan fingerprint density at radius 1 is 1.09 bits per heavy atom. The molecule has 0 saturated carbocycles. The maximum absolute atomic E-state index is 6.34. The Labute approximate surface area is 215 Å². The van der Waals surface area contributed by atoms with Gasteiger partial charge in [0.15, 0.2) is 0 Å². The monoisotopic (exact) mass is 505 g/mol. The number of nitrogens with zero attached hydrogens (tertiary/aromatic N) is 2. The molecule has 0 aliphatic carbocycles. The van der Waals surface area contributed by atoms with E-state index in [1.165, 1.54) is 11.3 Å². The maximum atomic E-state index is 6.34. The molecule has 0 fully saturated rings. The molecule has 4 rings (SSSR count). The van der Waals surface area contributed by atoms with E-state index in [9.17, 15) is 0 Å². The number of hydrazone groups is 1. The molecule has 3 aromatic carbocycles. The number of anilines is 1. The van der Waals surface area contributed by atoms with Crippen LogP contribution in [0.1, 0.15) is 42.0 Å². The van der Waals surface area contributed by atoms with E-state index in [4.69, 9.17) is 21.1 Å². The molecule has 180 valence electrons. The van der Waals surface area contributed by atoms with Crippen LogP contribution < -0.4 is 14.9 Å². The van der Waals surface area contributed by atoms with Crippen molar-refractivity contribution in [2.45, 2.75) is 33.3 Å². The zero-order valence-corrected chi connectivity index (χ0v) is 21.8. The number of benzene rings is 3. The first-order valence-corrected chi connectivity index (χ1v) is 12.6. The fourth-order valence-electron chi connectivity index (χ4n) is 3.62. The summed E-state index contributed by atoms with van der Waals surface area (Å²) in [5.74, 6) is 1.89. The number of aromatic nitrogens is 1. The Kier molecular flexibility index (Phi) is 8.06. The number of rotatable bonds is 9. The minimum absolute atomic E-state index is 0.294. The predicted molar refractivity (Wildman–Crippen MR) is 146 cm³/mol. The molecular weight excluding hydrogens is 478 g/mol. The van der Waals surface area contributed by atoms with Crippen molar-refractivity contribution in [2.24, 2.45) is 5.10 Å². The molecule has 0 spiro atoms. The van der Waals surface area contributed by atoms with Gasteiger partial charge in [-0.2, -0.15) is 5.10 Å². The molecule has 35 heavy (non-hydrogen) atoms. The van der Waals surface area contributed by atoms with Gasteiger partial charge in [0.1, 0.15) is 18.1 Å². The largest absolute Gasteiger partial charge is 0.496 e. The van der Waals surface area contributed by atoms with Crippen molar-refractivity contribution < 1.29 is 9.47 Å². The summed E-state index contributed by atoms with van der Waals surface area (Å²) in [6.45, 7) is 6.61. The van der Waals surface area contributed by atoms with Crippen molar-refractivity contribution in [1.29, 1.82) is 0 Å². The van der Waals surface area contributed by atoms with E-state index in [0.29, 0.717) is 12.5 Å². The van der Waals surface area contributed by atoms with Crippen molar-refractivity contribution in [3.05, 3.63) is 93.3 Å². The predicted octanol–water partition coefficient (Wildman–Crippen LogP) is 7.93. The lowest BCUT2D eigenvalue weighted by Gasteiger charge is -2.17. The first kappa shape index (κ1) is 24.8. The van der Waals surface area contributed by atoms with Crippen LogP contribution in [0.3, 0.4) is 0 Å². The Hall–Kier alpha value is -3.35. The second-order valence-corrected chi connectivity index (χ2v) is 9.69. The molecule has 1 N–H and O–H groups in total. The standard InChI is InChI=1S/C28H28ClN3O2S/c1-18(2)23-14-24(29)19(3)12-27(23)34-16-22-13-20(10-11-26(22)33-4)15-30-32-28-31-25(17-35-28)21-8-6-5-7-9-21/h5-15,17-18H,16H2,1-4H3,(H,31,32). The molecule has 1 heterocycles. The van der Waals surface area contributed by atoms with Gasteiger partial charge in [0.05, 0.1) is 19.0 Å². The summed E-state index contributed by atoms with van der Waals surface area (Å²) in [4.78, 5) is 4.60. The van der Waals surface area contributed by atoms with E-state index >= 15 is 0 Å². The van der Waals surface area contributed by atoms with Crippen molar-refractivity contribution in [3.63, 3.8) is 0 Å². The van der Waals surface area contributed by atoms with Gasteiger partial charge in [-0.05, 0) is 59.9 Å². The van der Waals surface area contributed by atoms with Gasteiger partial charge in [-0.25, -0.2) is 4.98 Å². The van der Waals surface area contributed by atoms with Gasteiger partial charge < -0.3 is 9.47 Å². The summed E-state index contributed by atoms with van der Waals surface area (Å²) < 4.78 is 11.8. The normalized spacial score (nSPS) is 11.3. The molecule has 0 unspecified atom stereocenters. The Morgan fingerprint density at radius 2 is 1.89 bits per heavy atom. The van der Waals surface area contributed by atoms with Crippen LogP contribution >= 0.6 is 22.9 Å². The van der Waals surface area contributed by atoms with E-state index in [2.05, 4.69) is 29.4 Å². The first-order chi connectivity index (χ1) is 16.9. The molecule has 4 aromatic rings. The van der Waals surface area contributed by atoms with Gasteiger partial charge in [0.25, 0.3) is 0 Å². The molecule has 0 saturated heterocycles. The summed E-state index contributed by atoms with van der Waals surface area (Å²) in [5, 5.41) is 7.87. The molecule has 0 radical (unpaired) electrons. The highest BCUT2D eigenvalue weighted by molar-refractivity contribution is 7.14. The Morgan fingerprint density at radius 3 is 2.63 bits per heavy atom. The average molecular weight is 506 g/mol. The van der Waals surface area contributed by atoms with Gasteiger partial charge in [0, 0.05) is 21.5 Å². The molecule has 0 aliphatic heterocycles. The third kappa shape index (κ3) is 6.21. The van der Waals surface area contributed by atoms with Crippen molar-refractivity contribution in [2.75, 3.05) is 12.5 Å². The summed E-state index contributed by atoms with van der Waals surface area (Å²) in [5.41, 5.74) is 8.96.